The average molecular weight is 327 g/mol. The van der Waals surface area contributed by atoms with E-state index in [0.717, 1.165) is 0 Å². The van der Waals surface area contributed by atoms with Gasteiger partial charge < -0.3 is 9.64 Å². The molecule has 7 heteroatoms. The van der Waals surface area contributed by atoms with E-state index in [0.29, 0.717) is 25.2 Å². The minimum Gasteiger partial charge on any atom is -0.444 e. The van der Waals surface area contributed by atoms with E-state index in [2.05, 4.69) is 9.97 Å². The summed E-state index contributed by atoms with van der Waals surface area (Å²) in [6, 6.07) is -0.0121. The summed E-state index contributed by atoms with van der Waals surface area (Å²) in [5.74, 6) is 0.625. The standard InChI is InChI=1S/C16H23F2N3O2/c1-10-7-11(14-19-8-12(9-20-14)13(17)18)5-6-21(10)15(22)23-16(2,3)4/h8-11,13H,5-7H2,1-4H3/t10-,11?/m0/s1. The number of hydrogen-bond acceptors (Lipinski definition) is 4. The number of piperidine rings is 1. The van der Waals surface area contributed by atoms with E-state index in [-0.39, 0.29) is 23.6 Å². The topological polar surface area (TPSA) is 55.3 Å². The van der Waals surface area contributed by atoms with Gasteiger partial charge in [-0.25, -0.2) is 23.5 Å². The minimum atomic E-state index is -2.56. The number of amides is 1. The Bertz CT molecular complexity index is 543. The molecule has 0 radical (unpaired) electrons. The molecule has 2 atom stereocenters. The number of carbonyl (C=O) groups is 1. The van der Waals surface area contributed by atoms with E-state index >= 15 is 0 Å². The second kappa shape index (κ2) is 6.76. The van der Waals surface area contributed by atoms with Gasteiger partial charge in [0.05, 0.1) is 5.56 Å². The third-order valence-electron chi connectivity index (χ3n) is 3.81. The summed E-state index contributed by atoms with van der Waals surface area (Å²) >= 11 is 0. The molecule has 2 rings (SSSR count). The second-order valence-corrected chi connectivity index (χ2v) is 6.92. The van der Waals surface area contributed by atoms with Crippen molar-refractivity contribution in [1.82, 2.24) is 14.9 Å². The van der Waals surface area contributed by atoms with Crippen molar-refractivity contribution in [3.8, 4) is 0 Å². The number of likely N-dealkylation sites (tertiary alicyclic amines) is 1. The molecule has 1 aromatic rings. The molecule has 0 saturated carbocycles. The fourth-order valence-electron chi connectivity index (χ4n) is 2.67. The highest BCUT2D eigenvalue weighted by Crippen LogP contribution is 2.30. The molecule has 0 bridgehead atoms. The van der Waals surface area contributed by atoms with E-state index in [1.165, 1.54) is 12.4 Å². The van der Waals surface area contributed by atoms with Crippen LogP contribution >= 0.6 is 0 Å². The molecular formula is C16H23F2N3O2. The zero-order valence-electron chi connectivity index (χ0n) is 13.9. The Hall–Kier alpha value is -1.79. The second-order valence-electron chi connectivity index (χ2n) is 6.92. The SMILES string of the molecule is C[C@H]1CC(c2ncc(C(F)F)cn2)CCN1C(=O)OC(C)(C)C. The van der Waals surface area contributed by atoms with Crippen molar-refractivity contribution >= 4 is 6.09 Å². The molecule has 0 N–H and O–H groups in total. The van der Waals surface area contributed by atoms with Crippen LogP contribution in [0.25, 0.3) is 0 Å². The highest BCUT2D eigenvalue weighted by Gasteiger charge is 2.33. The van der Waals surface area contributed by atoms with Crippen LogP contribution in [0.4, 0.5) is 13.6 Å². The van der Waals surface area contributed by atoms with E-state index in [1.54, 1.807) is 4.90 Å². The molecule has 1 aliphatic rings. The highest BCUT2D eigenvalue weighted by molar-refractivity contribution is 5.68. The molecule has 5 nitrogen and oxygen atoms in total. The lowest BCUT2D eigenvalue weighted by atomic mass is 9.91. The molecule has 1 aliphatic heterocycles. The molecule has 0 aliphatic carbocycles. The van der Waals surface area contributed by atoms with Gasteiger partial charge in [0.2, 0.25) is 0 Å². The van der Waals surface area contributed by atoms with Crippen LogP contribution in [0.2, 0.25) is 0 Å². The lowest BCUT2D eigenvalue weighted by Crippen LogP contribution is -2.46. The largest absolute Gasteiger partial charge is 0.444 e. The number of ether oxygens (including phenoxy) is 1. The van der Waals surface area contributed by atoms with Crippen molar-refractivity contribution in [3.63, 3.8) is 0 Å². The van der Waals surface area contributed by atoms with Gasteiger partial charge in [-0.15, -0.1) is 0 Å². The van der Waals surface area contributed by atoms with Crippen LogP contribution in [-0.2, 0) is 4.74 Å². The molecule has 1 aromatic heterocycles. The van der Waals surface area contributed by atoms with Gasteiger partial charge >= 0.3 is 6.09 Å². The number of carbonyl (C=O) groups excluding carboxylic acids is 1. The van der Waals surface area contributed by atoms with Crippen LogP contribution in [0, 0.1) is 0 Å². The molecule has 0 aromatic carbocycles. The average Bonchev–Trinajstić information content (AvgIpc) is 2.45. The zero-order chi connectivity index (χ0) is 17.2. The highest BCUT2D eigenvalue weighted by atomic mass is 19.3. The first-order chi connectivity index (χ1) is 10.7. The van der Waals surface area contributed by atoms with Gasteiger partial charge in [0.15, 0.2) is 0 Å². The number of rotatable bonds is 2. The van der Waals surface area contributed by atoms with Crippen molar-refractivity contribution in [3.05, 3.63) is 23.8 Å². The molecule has 23 heavy (non-hydrogen) atoms. The Morgan fingerprint density at radius 3 is 2.43 bits per heavy atom. The minimum absolute atomic E-state index is 0.0121. The summed E-state index contributed by atoms with van der Waals surface area (Å²) in [5.41, 5.74) is -0.699. The normalized spacial score (nSPS) is 22.3. The summed E-state index contributed by atoms with van der Waals surface area (Å²) in [6.07, 6.45) is 0.857. The van der Waals surface area contributed by atoms with E-state index in [1.807, 2.05) is 27.7 Å². The zero-order valence-corrected chi connectivity index (χ0v) is 13.9. The first-order valence-electron chi connectivity index (χ1n) is 7.77. The van der Waals surface area contributed by atoms with Crippen molar-refractivity contribution < 1.29 is 18.3 Å². The maximum absolute atomic E-state index is 12.5. The number of aromatic nitrogens is 2. The van der Waals surface area contributed by atoms with Crippen molar-refractivity contribution in [2.24, 2.45) is 0 Å². The van der Waals surface area contributed by atoms with E-state index in [9.17, 15) is 13.6 Å². The Labute approximate surface area is 135 Å². The predicted octanol–water partition coefficient (Wildman–Crippen LogP) is 3.92. The Morgan fingerprint density at radius 2 is 1.96 bits per heavy atom. The Balaban J connectivity index is 1.99. The molecule has 0 spiro atoms. The molecule has 1 unspecified atom stereocenters. The van der Waals surface area contributed by atoms with Crippen LogP contribution in [0.3, 0.4) is 0 Å². The maximum atomic E-state index is 12.5. The van der Waals surface area contributed by atoms with Gasteiger partial charge in [0, 0.05) is 30.9 Å². The third kappa shape index (κ3) is 4.59. The van der Waals surface area contributed by atoms with E-state index < -0.39 is 12.0 Å². The van der Waals surface area contributed by atoms with E-state index in [4.69, 9.17) is 4.74 Å². The fraction of sp³-hybridized carbons (Fsp3) is 0.688. The lowest BCUT2D eigenvalue weighted by Gasteiger charge is -2.37. The molecule has 1 saturated heterocycles. The van der Waals surface area contributed by atoms with Gasteiger partial charge in [0.1, 0.15) is 11.4 Å². The summed E-state index contributed by atoms with van der Waals surface area (Å²) in [4.78, 5) is 22.0. The van der Waals surface area contributed by atoms with Crippen LogP contribution < -0.4 is 0 Å². The fourth-order valence-corrected chi connectivity index (χ4v) is 2.67. The summed E-state index contributed by atoms with van der Waals surface area (Å²) < 4.78 is 30.5. The van der Waals surface area contributed by atoms with Gasteiger partial charge in [0.25, 0.3) is 6.43 Å². The predicted molar refractivity (Wildman–Crippen MR) is 81.4 cm³/mol. The number of halogens is 2. The lowest BCUT2D eigenvalue weighted by molar-refractivity contribution is 0.0101. The summed E-state index contributed by atoms with van der Waals surface area (Å²) in [5, 5.41) is 0. The summed E-state index contributed by atoms with van der Waals surface area (Å²) in [6.45, 7) is 7.99. The number of nitrogens with zero attached hydrogens (tertiary/aromatic N) is 3. The molecule has 2 heterocycles. The van der Waals surface area contributed by atoms with Crippen LogP contribution in [0.5, 0.6) is 0 Å². The van der Waals surface area contributed by atoms with Gasteiger partial charge in [-0.2, -0.15) is 0 Å². The molecular weight excluding hydrogens is 304 g/mol. The van der Waals surface area contributed by atoms with Crippen LogP contribution in [0.1, 0.15) is 64.3 Å². The van der Waals surface area contributed by atoms with Crippen molar-refractivity contribution in [1.29, 1.82) is 0 Å². The molecule has 128 valence electrons. The van der Waals surface area contributed by atoms with Gasteiger partial charge in [-0.1, -0.05) is 0 Å². The van der Waals surface area contributed by atoms with Crippen molar-refractivity contribution in [2.75, 3.05) is 6.54 Å². The Kier molecular flexibility index (Phi) is 5.16. The molecule has 1 amide bonds. The third-order valence-corrected chi connectivity index (χ3v) is 3.81. The van der Waals surface area contributed by atoms with Gasteiger partial charge in [-0.3, -0.25) is 0 Å². The van der Waals surface area contributed by atoms with Crippen LogP contribution in [0.15, 0.2) is 12.4 Å². The maximum Gasteiger partial charge on any atom is 0.410 e. The first-order valence-corrected chi connectivity index (χ1v) is 7.77. The summed E-state index contributed by atoms with van der Waals surface area (Å²) in [7, 11) is 0. The van der Waals surface area contributed by atoms with Crippen molar-refractivity contribution in [2.45, 2.75) is 64.5 Å². The smallest absolute Gasteiger partial charge is 0.410 e. The first kappa shape index (κ1) is 17.6. The number of hydrogen-bond donors (Lipinski definition) is 0. The monoisotopic (exact) mass is 327 g/mol. The van der Waals surface area contributed by atoms with Gasteiger partial charge in [-0.05, 0) is 40.5 Å². The van der Waals surface area contributed by atoms with Crippen LogP contribution in [-0.4, -0.2) is 39.1 Å². The number of alkyl halides is 2. The quantitative estimate of drug-likeness (QED) is 0.826. The Morgan fingerprint density at radius 1 is 1.35 bits per heavy atom. The molecule has 1 fully saturated rings.